The number of fused-ring (bicyclic) bond motifs is 1. The maximum absolute atomic E-state index is 13.4. The Labute approximate surface area is 219 Å². The van der Waals surface area contributed by atoms with Gasteiger partial charge < -0.3 is 19.3 Å². The zero-order chi connectivity index (χ0) is 26.3. The van der Waals surface area contributed by atoms with Crippen LogP contribution in [0.3, 0.4) is 0 Å². The van der Waals surface area contributed by atoms with Crippen molar-refractivity contribution in [2.24, 2.45) is 0 Å². The fourth-order valence-corrected chi connectivity index (χ4v) is 6.45. The van der Waals surface area contributed by atoms with Crippen molar-refractivity contribution in [1.29, 1.82) is 0 Å². The van der Waals surface area contributed by atoms with Crippen LogP contribution in [0.4, 0.5) is 0 Å². The topological polar surface area (TPSA) is 76.9 Å². The van der Waals surface area contributed by atoms with E-state index in [1.807, 2.05) is 28.3 Å². The molecule has 2 atom stereocenters. The van der Waals surface area contributed by atoms with E-state index in [1.54, 1.807) is 7.11 Å². The number of hydrogen-bond acceptors (Lipinski definition) is 5. The van der Waals surface area contributed by atoms with Crippen LogP contribution < -0.4 is 4.74 Å². The van der Waals surface area contributed by atoms with Crippen LogP contribution in [-0.2, 0) is 28.9 Å². The highest BCUT2D eigenvalue weighted by atomic mass is 16.5. The number of carbonyl (C=O) groups is 2. The molecule has 0 bridgehead atoms. The number of rotatable bonds is 5. The quantitative estimate of drug-likeness (QED) is 0.616. The fraction of sp³-hybridized carbons (Fsp3) is 0.621. The highest BCUT2D eigenvalue weighted by Crippen LogP contribution is 2.35. The van der Waals surface area contributed by atoms with Crippen molar-refractivity contribution < 1.29 is 19.1 Å². The largest absolute Gasteiger partial charge is 0.496 e. The van der Waals surface area contributed by atoms with Gasteiger partial charge in [-0.05, 0) is 88.5 Å². The van der Waals surface area contributed by atoms with Crippen molar-refractivity contribution in [3.8, 4) is 5.75 Å². The van der Waals surface area contributed by atoms with Gasteiger partial charge in [-0.25, -0.2) is 0 Å². The zero-order valence-electron chi connectivity index (χ0n) is 22.9. The predicted molar refractivity (Wildman–Crippen MR) is 141 cm³/mol. The number of aromatic nitrogens is 2. The fourth-order valence-electron chi connectivity index (χ4n) is 6.45. The molecule has 8 heteroatoms. The van der Waals surface area contributed by atoms with E-state index >= 15 is 0 Å². The molecule has 1 aromatic heterocycles. The third-order valence-corrected chi connectivity index (χ3v) is 8.49. The monoisotopic (exact) mass is 508 g/mol. The second kappa shape index (κ2) is 10.5. The lowest BCUT2D eigenvalue weighted by atomic mass is 9.85. The molecule has 200 valence electrons. The molecule has 2 saturated heterocycles. The first kappa shape index (κ1) is 25.8. The molecule has 2 aliphatic heterocycles. The van der Waals surface area contributed by atoms with Gasteiger partial charge in [0.1, 0.15) is 12.3 Å². The van der Waals surface area contributed by atoms with E-state index in [4.69, 9.17) is 14.6 Å². The van der Waals surface area contributed by atoms with Gasteiger partial charge in [0.25, 0.3) is 5.91 Å². The van der Waals surface area contributed by atoms with E-state index in [0.29, 0.717) is 24.7 Å². The number of benzene rings is 1. The molecule has 0 spiro atoms. The standard InChI is InChI=1S/C29H40N4O4/c1-18-15-32(16-19(2)37-18)29(35)28-24-7-6-8-25(24)33(30-28)17-27(34)31-13-11-22(12-14-31)23-9-10-26(36-5)21(4)20(23)3/h9-10,18-19,22H,6-8,11-17H2,1-5H3/t18-,19+. The van der Waals surface area contributed by atoms with E-state index in [2.05, 4.69) is 26.0 Å². The summed E-state index contributed by atoms with van der Waals surface area (Å²) >= 11 is 0. The smallest absolute Gasteiger partial charge is 0.274 e. The Hall–Kier alpha value is -2.87. The van der Waals surface area contributed by atoms with Crippen molar-refractivity contribution in [2.45, 2.75) is 84.5 Å². The minimum Gasteiger partial charge on any atom is -0.496 e. The predicted octanol–water partition coefficient (Wildman–Crippen LogP) is 3.65. The highest BCUT2D eigenvalue weighted by Gasteiger charge is 2.34. The molecule has 1 aromatic carbocycles. The number of amides is 2. The number of ether oxygens (including phenoxy) is 2. The summed E-state index contributed by atoms with van der Waals surface area (Å²) in [6, 6.07) is 4.25. The number of hydrogen-bond donors (Lipinski definition) is 0. The first-order valence-corrected chi connectivity index (χ1v) is 13.7. The molecule has 5 rings (SSSR count). The summed E-state index contributed by atoms with van der Waals surface area (Å²) in [5.41, 5.74) is 6.48. The van der Waals surface area contributed by atoms with Crippen molar-refractivity contribution in [2.75, 3.05) is 33.3 Å². The number of methoxy groups -OCH3 is 1. The second-order valence-electron chi connectivity index (χ2n) is 11.0. The van der Waals surface area contributed by atoms with Crippen LogP contribution in [0.25, 0.3) is 0 Å². The summed E-state index contributed by atoms with van der Waals surface area (Å²) < 4.78 is 13.1. The molecule has 2 amide bonds. The number of piperidine rings is 1. The van der Waals surface area contributed by atoms with Crippen LogP contribution in [0.5, 0.6) is 5.75 Å². The number of morpholine rings is 1. The Morgan fingerprint density at radius 3 is 2.41 bits per heavy atom. The normalized spacial score (nSPS) is 22.3. The number of likely N-dealkylation sites (tertiary alicyclic amines) is 1. The van der Waals surface area contributed by atoms with Crippen molar-refractivity contribution in [3.05, 3.63) is 45.8 Å². The Morgan fingerprint density at radius 2 is 1.73 bits per heavy atom. The van der Waals surface area contributed by atoms with Crippen molar-refractivity contribution >= 4 is 11.8 Å². The Kier molecular flexibility index (Phi) is 7.30. The molecule has 3 heterocycles. The maximum atomic E-state index is 13.4. The molecule has 1 aliphatic carbocycles. The lowest BCUT2D eigenvalue weighted by molar-refractivity contribution is -0.133. The molecule has 37 heavy (non-hydrogen) atoms. The Morgan fingerprint density at radius 1 is 1.03 bits per heavy atom. The summed E-state index contributed by atoms with van der Waals surface area (Å²) in [6.45, 7) is 11.1. The van der Waals surface area contributed by atoms with Gasteiger partial charge in [-0.1, -0.05) is 6.07 Å². The van der Waals surface area contributed by atoms with E-state index < -0.39 is 0 Å². The first-order chi connectivity index (χ1) is 17.8. The van der Waals surface area contributed by atoms with E-state index in [0.717, 1.165) is 62.2 Å². The summed E-state index contributed by atoms with van der Waals surface area (Å²) in [6.07, 6.45) is 4.65. The molecular weight excluding hydrogens is 468 g/mol. The van der Waals surface area contributed by atoms with Crippen LogP contribution in [0.1, 0.15) is 77.5 Å². The Balaban J connectivity index is 1.25. The molecule has 2 aromatic rings. The molecule has 0 radical (unpaired) electrons. The third-order valence-electron chi connectivity index (χ3n) is 8.49. The third kappa shape index (κ3) is 5.00. The van der Waals surface area contributed by atoms with E-state index in [1.165, 1.54) is 16.7 Å². The van der Waals surface area contributed by atoms with Crippen LogP contribution in [-0.4, -0.2) is 76.9 Å². The van der Waals surface area contributed by atoms with Crippen LogP contribution >= 0.6 is 0 Å². The molecule has 0 unspecified atom stereocenters. The minimum absolute atomic E-state index is 0.0120. The molecular formula is C29H40N4O4. The van der Waals surface area contributed by atoms with E-state index in [9.17, 15) is 9.59 Å². The molecule has 0 N–H and O–H groups in total. The van der Waals surface area contributed by atoms with Crippen LogP contribution in [0, 0.1) is 13.8 Å². The maximum Gasteiger partial charge on any atom is 0.274 e. The summed E-state index contributed by atoms with van der Waals surface area (Å²) in [5.74, 6) is 1.43. The molecule has 8 nitrogen and oxygen atoms in total. The van der Waals surface area contributed by atoms with Crippen LogP contribution in [0.2, 0.25) is 0 Å². The van der Waals surface area contributed by atoms with Gasteiger partial charge in [0.2, 0.25) is 5.91 Å². The molecule has 3 aliphatic rings. The number of nitrogens with zero attached hydrogens (tertiary/aromatic N) is 4. The van der Waals surface area contributed by atoms with Gasteiger partial charge in [-0.2, -0.15) is 5.10 Å². The van der Waals surface area contributed by atoms with E-state index in [-0.39, 0.29) is 30.6 Å². The Bertz CT molecular complexity index is 1170. The average Bonchev–Trinajstić information content (AvgIpc) is 3.49. The lowest BCUT2D eigenvalue weighted by Crippen LogP contribution is -2.48. The van der Waals surface area contributed by atoms with Gasteiger partial charge >= 0.3 is 0 Å². The molecule has 2 fully saturated rings. The van der Waals surface area contributed by atoms with Gasteiger partial charge in [0.05, 0.1) is 19.3 Å². The highest BCUT2D eigenvalue weighted by molar-refractivity contribution is 5.94. The average molecular weight is 509 g/mol. The summed E-state index contributed by atoms with van der Waals surface area (Å²) in [4.78, 5) is 30.6. The molecule has 0 saturated carbocycles. The summed E-state index contributed by atoms with van der Waals surface area (Å²) in [5, 5.41) is 4.72. The van der Waals surface area contributed by atoms with Gasteiger partial charge in [0.15, 0.2) is 5.69 Å². The van der Waals surface area contributed by atoms with Gasteiger partial charge in [-0.15, -0.1) is 0 Å². The van der Waals surface area contributed by atoms with Crippen LogP contribution in [0.15, 0.2) is 12.1 Å². The summed E-state index contributed by atoms with van der Waals surface area (Å²) in [7, 11) is 1.71. The SMILES string of the molecule is COc1ccc(C2CCN(C(=O)Cn3nc(C(=O)N4C[C@@H](C)O[C@@H](C)C4)c4c3CCC4)CC2)c(C)c1C. The minimum atomic E-state index is -0.0303. The van der Waals surface area contributed by atoms with Gasteiger partial charge in [0, 0.05) is 37.4 Å². The van der Waals surface area contributed by atoms with Gasteiger partial charge in [-0.3, -0.25) is 14.3 Å². The van der Waals surface area contributed by atoms with Crippen molar-refractivity contribution in [3.63, 3.8) is 0 Å². The number of carbonyl (C=O) groups excluding carboxylic acids is 2. The lowest BCUT2D eigenvalue weighted by Gasteiger charge is -2.35. The zero-order valence-corrected chi connectivity index (χ0v) is 22.9. The first-order valence-electron chi connectivity index (χ1n) is 13.7. The second-order valence-corrected chi connectivity index (χ2v) is 11.0. The van der Waals surface area contributed by atoms with Crippen molar-refractivity contribution in [1.82, 2.24) is 19.6 Å².